The third kappa shape index (κ3) is 3.18. The molecule has 102 valence electrons. The summed E-state index contributed by atoms with van der Waals surface area (Å²) in [6, 6.07) is 1.43. The summed E-state index contributed by atoms with van der Waals surface area (Å²) >= 11 is 0. The second-order valence-electron chi connectivity index (χ2n) is 4.40. The molecule has 1 amide bonds. The normalized spacial score (nSPS) is 12.4. The van der Waals surface area contributed by atoms with Gasteiger partial charge in [-0.2, -0.15) is 10.1 Å². The fraction of sp³-hybridized carbons (Fsp3) is 0.500. The molecule has 7 heteroatoms. The smallest absolute Gasteiger partial charge is 0.272 e. The number of aromatic nitrogens is 4. The van der Waals surface area contributed by atoms with Gasteiger partial charge < -0.3 is 9.84 Å². The number of hydrogen-bond donors (Lipinski definition) is 2. The van der Waals surface area contributed by atoms with Crippen LogP contribution in [0.1, 0.15) is 54.2 Å². The second-order valence-corrected chi connectivity index (χ2v) is 4.40. The molecule has 0 bridgehead atoms. The standard InChI is InChI=1S/C12H17N5O2/c1-4-5-9-6-10(16-15-9)12(18)13-7(2)11-14-8(3)19-17-11/h6-7H,4-5H2,1-3H3,(H,13,18)(H,15,16). The maximum Gasteiger partial charge on any atom is 0.272 e. The Labute approximate surface area is 110 Å². The number of amides is 1. The molecule has 0 saturated heterocycles. The molecule has 2 heterocycles. The molecule has 2 aromatic heterocycles. The minimum absolute atomic E-state index is 0.256. The average molecular weight is 263 g/mol. The molecular formula is C12H17N5O2. The first-order valence-corrected chi connectivity index (χ1v) is 6.25. The topological polar surface area (TPSA) is 96.7 Å². The van der Waals surface area contributed by atoms with Crippen molar-refractivity contribution in [2.45, 2.75) is 39.7 Å². The van der Waals surface area contributed by atoms with Crippen molar-refractivity contribution in [2.75, 3.05) is 0 Å². The molecule has 0 aromatic carbocycles. The van der Waals surface area contributed by atoms with Crippen LogP contribution < -0.4 is 5.32 Å². The zero-order valence-corrected chi connectivity index (χ0v) is 11.2. The molecule has 0 saturated carbocycles. The molecule has 0 fully saturated rings. The molecule has 2 N–H and O–H groups in total. The Morgan fingerprint density at radius 2 is 2.37 bits per heavy atom. The van der Waals surface area contributed by atoms with Crippen LogP contribution >= 0.6 is 0 Å². The minimum atomic E-state index is -0.323. The molecular weight excluding hydrogens is 246 g/mol. The van der Waals surface area contributed by atoms with Gasteiger partial charge in [0.25, 0.3) is 5.91 Å². The van der Waals surface area contributed by atoms with Crippen LogP contribution in [0.3, 0.4) is 0 Å². The van der Waals surface area contributed by atoms with E-state index in [1.165, 1.54) is 0 Å². The third-order valence-electron chi connectivity index (χ3n) is 2.66. The molecule has 0 radical (unpaired) electrons. The molecule has 1 unspecified atom stereocenters. The van der Waals surface area contributed by atoms with Crippen molar-refractivity contribution in [1.82, 2.24) is 25.7 Å². The SMILES string of the molecule is CCCc1cc(C(=O)NC(C)c2noc(C)n2)n[nH]1. The third-order valence-corrected chi connectivity index (χ3v) is 2.66. The monoisotopic (exact) mass is 263 g/mol. The van der Waals surface area contributed by atoms with E-state index in [9.17, 15) is 4.79 Å². The Bertz CT molecular complexity index is 560. The number of carbonyl (C=O) groups excluding carboxylic acids is 1. The summed E-state index contributed by atoms with van der Waals surface area (Å²) in [5.74, 6) is 0.671. The molecule has 2 aromatic rings. The Morgan fingerprint density at radius 3 is 3.00 bits per heavy atom. The summed E-state index contributed by atoms with van der Waals surface area (Å²) in [4.78, 5) is 16.0. The molecule has 7 nitrogen and oxygen atoms in total. The van der Waals surface area contributed by atoms with Gasteiger partial charge in [0.05, 0.1) is 6.04 Å². The molecule has 0 aliphatic rings. The van der Waals surface area contributed by atoms with Crippen LogP contribution in [0.2, 0.25) is 0 Å². The van der Waals surface area contributed by atoms with E-state index in [-0.39, 0.29) is 11.9 Å². The number of aromatic amines is 1. The van der Waals surface area contributed by atoms with Crippen molar-refractivity contribution in [3.05, 3.63) is 29.2 Å². The summed E-state index contributed by atoms with van der Waals surface area (Å²) < 4.78 is 4.87. The number of rotatable bonds is 5. The molecule has 19 heavy (non-hydrogen) atoms. The van der Waals surface area contributed by atoms with E-state index in [2.05, 4.69) is 32.6 Å². The van der Waals surface area contributed by atoms with Crippen LogP contribution in [0.25, 0.3) is 0 Å². The highest BCUT2D eigenvalue weighted by atomic mass is 16.5. The fourth-order valence-corrected chi connectivity index (χ4v) is 1.70. The lowest BCUT2D eigenvalue weighted by Crippen LogP contribution is -2.27. The number of nitrogens with zero attached hydrogens (tertiary/aromatic N) is 3. The van der Waals surface area contributed by atoms with Crippen molar-refractivity contribution in [1.29, 1.82) is 0 Å². The van der Waals surface area contributed by atoms with Gasteiger partial charge in [-0.25, -0.2) is 0 Å². The first kappa shape index (κ1) is 13.3. The Kier molecular flexibility index (Phi) is 3.94. The minimum Gasteiger partial charge on any atom is -0.341 e. The van der Waals surface area contributed by atoms with Crippen LogP contribution in [-0.4, -0.2) is 26.2 Å². The van der Waals surface area contributed by atoms with E-state index in [4.69, 9.17) is 4.52 Å². The lowest BCUT2D eigenvalue weighted by atomic mass is 10.2. The van der Waals surface area contributed by atoms with Crippen LogP contribution in [0, 0.1) is 6.92 Å². The molecule has 1 atom stereocenters. The van der Waals surface area contributed by atoms with Crippen LogP contribution in [0.4, 0.5) is 0 Å². The van der Waals surface area contributed by atoms with Crippen molar-refractivity contribution in [3.8, 4) is 0 Å². The van der Waals surface area contributed by atoms with E-state index in [1.54, 1.807) is 19.9 Å². The molecule has 0 aliphatic carbocycles. The van der Waals surface area contributed by atoms with Gasteiger partial charge >= 0.3 is 0 Å². The quantitative estimate of drug-likeness (QED) is 0.853. The van der Waals surface area contributed by atoms with Crippen LogP contribution in [-0.2, 0) is 6.42 Å². The molecule has 2 rings (SSSR count). The highest BCUT2D eigenvalue weighted by Gasteiger charge is 2.17. The zero-order chi connectivity index (χ0) is 13.8. The Morgan fingerprint density at radius 1 is 1.58 bits per heavy atom. The average Bonchev–Trinajstić information content (AvgIpc) is 2.98. The Balaban J connectivity index is 1.99. The van der Waals surface area contributed by atoms with E-state index in [0.717, 1.165) is 18.5 Å². The summed E-state index contributed by atoms with van der Waals surface area (Å²) in [6.45, 7) is 5.57. The number of aryl methyl sites for hydroxylation is 2. The number of H-pyrrole nitrogens is 1. The lowest BCUT2D eigenvalue weighted by Gasteiger charge is -2.07. The van der Waals surface area contributed by atoms with Crippen molar-refractivity contribution < 1.29 is 9.32 Å². The first-order valence-electron chi connectivity index (χ1n) is 6.25. The van der Waals surface area contributed by atoms with Gasteiger partial charge in [-0.15, -0.1) is 0 Å². The number of nitrogens with one attached hydrogen (secondary N) is 2. The van der Waals surface area contributed by atoms with Gasteiger partial charge in [-0.3, -0.25) is 9.89 Å². The van der Waals surface area contributed by atoms with Crippen LogP contribution in [0.15, 0.2) is 10.6 Å². The molecule has 0 aliphatic heterocycles. The largest absolute Gasteiger partial charge is 0.341 e. The highest BCUT2D eigenvalue weighted by molar-refractivity contribution is 5.92. The van der Waals surface area contributed by atoms with Gasteiger partial charge in [-0.05, 0) is 19.4 Å². The van der Waals surface area contributed by atoms with E-state index in [0.29, 0.717) is 17.4 Å². The molecule has 0 spiro atoms. The van der Waals surface area contributed by atoms with Crippen molar-refractivity contribution in [2.24, 2.45) is 0 Å². The van der Waals surface area contributed by atoms with Crippen molar-refractivity contribution >= 4 is 5.91 Å². The summed E-state index contributed by atoms with van der Waals surface area (Å²) in [5, 5.41) is 13.4. The van der Waals surface area contributed by atoms with Gasteiger partial charge in [0.1, 0.15) is 5.69 Å². The zero-order valence-electron chi connectivity index (χ0n) is 11.2. The van der Waals surface area contributed by atoms with Gasteiger partial charge in [0, 0.05) is 12.6 Å². The first-order chi connectivity index (χ1) is 9.10. The predicted octanol–water partition coefficient (Wildman–Crippen LogP) is 1.54. The maximum atomic E-state index is 12.0. The van der Waals surface area contributed by atoms with E-state index in [1.807, 2.05) is 0 Å². The van der Waals surface area contributed by atoms with Gasteiger partial charge in [-0.1, -0.05) is 18.5 Å². The summed E-state index contributed by atoms with van der Waals surface area (Å²) in [6.07, 6.45) is 1.88. The lowest BCUT2D eigenvalue weighted by molar-refractivity contribution is 0.0933. The fourth-order valence-electron chi connectivity index (χ4n) is 1.70. The van der Waals surface area contributed by atoms with Gasteiger partial charge in [0.2, 0.25) is 5.89 Å². The highest BCUT2D eigenvalue weighted by Crippen LogP contribution is 2.09. The predicted molar refractivity (Wildman–Crippen MR) is 67.5 cm³/mol. The second kappa shape index (κ2) is 5.64. The maximum absolute atomic E-state index is 12.0. The van der Waals surface area contributed by atoms with Gasteiger partial charge in [0.15, 0.2) is 5.82 Å². The van der Waals surface area contributed by atoms with E-state index >= 15 is 0 Å². The summed E-state index contributed by atoms with van der Waals surface area (Å²) in [5.41, 5.74) is 1.33. The number of carbonyl (C=O) groups is 1. The summed E-state index contributed by atoms with van der Waals surface area (Å²) in [7, 11) is 0. The van der Waals surface area contributed by atoms with Crippen LogP contribution in [0.5, 0.6) is 0 Å². The Hall–Kier alpha value is -2.18. The number of hydrogen-bond acceptors (Lipinski definition) is 5. The van der Waals surface area contributed by atoms with Crippen molar-refractivity contribution in [3.63, 3.8) is 0 Å². The van der Waals surface area contributed by atoms with E-state index < -0.39 is 0 Å².